The fourth-order valence-electron chi connectivity index (χ4n) is 1.73. The van der Waals surface area contributed by atoms with E-state index in [-0.39, 0.29) is 0 Å². The lowest BCUT2D eigenvalue weighted by atomic mass is 10.1. The highest BCUT2D eigenvalue weighted by Crippen LogP contribution is 2.03. The lowest BCUT2D eigenvalue weighted by Crippen LogP contribution is -2.20. The maximum atomic E-state index is 4.14. The molecule has 0 aliphatic rings. The van der Waals surface area contributed by atoms with Gasteiger partial charge in [0.25, 0.3) is 0 Å². The second kappa shape index (κ2) is 8.23. The Kier molecular flexibility index (Phi) is 6.86. The van der Waals surface area contributed by atoms with Crippen LogP contribution in [0.2, 0.25) is 0 Å². The van der Waals surface area contributed by atoms with Gasteiger partial charge in [-0.15, -0.1) is 5.10 Å². The summed E-state index contributed by atoms with van der Waals surface area (Å²) in [6.07, 6.45) is 6.85. The van der Waals surface area contributed by atoms with Crippen molar-refractivity contribution in [3.05, 3.63) is 11.9 Å². The zero-order chi connectivity index (χ0) is 12.5. The SMILES string of the molecule is CCn1cc(CCCCCNCC(C)C)nn1. The summed E-state index contributed by atoms with van der Waals surface area (Å²) in [6.45, 7) is 9.74. The minimum atomic E-state index is 0.749. The van der Waals surface area contributed by atoms with Crippen LogP contribution in [0, 0.1) is 5.92 Å². The molecule has 98 valence electrons. The number of nitrogens with zero attached hydrogens (tertiary/aromatic N) is 3. The van der Waals surface area contributed by atoms with Gasteiger partial charge in [0.2, 0.25) is 0 Å². The lowest BCUT2D eigenvalue weighted by Gasteiger charge is -2.06. The molecule has 0 aliphatic heterocycles. The first kappa shape index (κ1) is 14.2. The van der Waals surface area contributed by atoms with Gasteiger partial charge in [-0.3, -0.25) is 4.68 Å². The lowest BCUT2D eigenvalue weighted by molar-refractivity contribution is 0.529. The summed E-state index contributed by atoms with van der Waals surface area (Å²) in [6, 6.07) is 0. The maximum Gasteiger partial charge on any atom is 0.0827 e. The summed E-state index contributed by atoms with van der Waals surface area (Å²) in [5, 5.41) is 11.6. The third-order valence-corrected chi connectivity index (χ3v) is 2.75. The molecule has 17 heavy (non-hydrogen) atoms. The maximum absolute atomic E-state index is 4.14. The highest BCUT2D eigenvalue weighted by Gasteiger charge is 1.99. The topological polar surface area (TPSA) is 42.7 Å². The van der Waals surface area contributed by atoms with Gasteiger partial charge in [-0.25, -0.2) is 0 Å². The molecule has 0 fully saturated rings. The van der Waals surface area contributed by atoms with E-state index in [2.05, 4.69) is 42.6 Å². The zero-order valence-electron chi connectivity index (χ0n) is 11.4. The number of nitrogens with one attached hydrogen (secondary N) is 1. The first-order valence-corrected chi connectivity index (χ1v) is 6.82. The Labute approximate surface area is 105 Å². The van der Waals surface area contributed by atoms with Crippen molar-refractivity contribution in [3.8, 4) is 0 Å². The van der Waals surface area contributed by atoms with Gasteiger partial charge >= 0.3 is 0 Å². The fraction of sp³-hybridized carbons (Fsp3) is 0.846. The van der Waals surface area contributed by atoms with Crippen molar-refractivity contribution in [2.24, 2.45) is 5.92 Å². The summed E-state index contributed by atoms with van der Waals surface area (Å²) in [5.74, 6) is 0.749. The highest BCUT2D eigenvalue weighted by molar-refractivity contribution is 4.91. The molecular formula is C13H26N4. The highest BCUT2D eigenvalue weighted by atomic mass is 15.4. The van der Waals surface area contributed by atoms with Crippen LogP contribution in [0.3, 0.4) is 0 Å². The summed E-state index contributed by atoms with van der Waals surface area (Å²) < 4.78 is 1.89. The van der Waals surface area contributed by atoms with Crippen LogP contribution in [0.25, 0.3) is 0 Å². The monoisotopic (exact) mass is 238 g/mol. The molecular weight excluding hydrogens is 212 g/mol. The third-order valence-electron chi connectivity index (χ3n) is 2.75. The summed E-state index contributed by atoms with van der Waals surface area (Å²) >= 11 is 0. The van der Waals surface area contributed by atoms with Crippen molar-refractivity contribution in [1.82, 2.24) is 20.3 Å². The molecule has 0 saturated heterocycles. The van der Waals surface area contributed by atoms with E-state index in [4.69, 9.17) is 0 Å². The van der Waals surface area contributed by atoms with E-state index in [1.165, 1.54) is 19.3 Å². The summed E-state index contributed by atoms with van der Waals surface area (Å²) in [7, 11) is 0. The van der Waals surface area contributed by atoms with Crippen molar-refractivity contribution in [2.75, 3.05) is 13.1 Å². The number of aromatic nitrogens is 3. The number of hydrogen-bond acceptors (Lipinski definition) is 3. The minimum absolute atomic E-state index is 0.749. The molecule has 4 heteroatoms. The van der Waals surface area contributed by atoms with Crippen LogP contribution in [0.1, 0.15) is 45.7 Å². The molecule has 0 atom stereocenters. The van der Waals surface area contributed by atoms with Gasteiger partial charge in [0.05, 0.1) is 5.69 Å². The fourth-order valence-corrected chi connectivity index (χ4v) is 1.73. The van der Waals surface area contributed by atoms with E-state index in [0.29, 0.717) is 0 Å². The van der Waals surface area contributed by atoms with Crippen LogP contribution in [0.5, 0.6) is 0 Å². The predicted octanol–water partition coefficient (Wildman–Crippen LogP) is 2.26. The largest absolute Gasteiger partial charge is 0.316 e. The van der Waals surface area contributed by atoms with Gasteiger partial charge in [0, 0.05) is 12.7 Å². The smallest absolute Gasteiger partial charge is 0.0827 e. The van der Waals surface area contributed by atoms with Crippen LogP contribution < -0.4 is 5.32 Å². The second-order valence-electron chi connectivity index (χ2n) is 4.97. The molecule has 1 aromatic rings. The molecule has 0 aliphatic carbocycles. The van der Waals surface area contributed by atoms with Crippen LogP contribution in [0.4, 0.5) is 0 Å². The van der Waals surface area contributed by atoms with E-state index in [9.17, 15) is 0 Å². The zero-order valence-corrected chi connectivity index (χ0v) is 11.4. The average Bonchev–Trinajstić information content (AvgIpc) is 2.75. The molecule has 0 unspecified atom stereocenters. The Bertz CT molecular complexity index is 293. The average molecular weight is 238 g/mol. The van der Waals surface area contributed by atoms with Crippen molar-refractivity contribution in [1.29, 1.82) is 0 Å². The number of aryl methyl sites for hydroxylation is 2. The Morgan fingerprint density at radius 1 is 1.29 bits per heavy atom. The molecule has 0 spiro atoms. The van der Waals surface area contributed by atoms with Crippen molar-refractivity contribution in [2.45, 2.75) is 53.0 Å². The van der Waals surface area contributed by atoms with Crippen LogP contribution in [-0.4, -0.2) is 28.1 Å². The van der Waals surface area contributed by atoms with Crippen LogP contribution >= 0.6 is 0 Å². The van der Waals surface area contributed by atoms with Gasteiger partial charge in [0.1, 0.15) is 0 Å². The van der Waals surface area contributed by atoms with E-state index in [0.717, 1.165) is 37.7 Å². The van der Waals surface area contributed by atoms with Crippen LogP contribution in [0.15, 0.2) is 6.20 Å². The quantitative estimate of drug-likeness (QED) is 0.671. The number of rotatable bonds is 9. The standard InChI is InChI=1S/C13H26N4/c1-4-17-11-13(15-16-17)8-6-5-7-9-14-10-12(2)3/h11-12,14H,4-10H2,1-3H3. The van der Waals surface area contributed by atoms with Crippen molar-refractivity contribution in [3.63, 3.8) is 0 Å². The van der Waals surface area contributed by atoms with Gasteiger partial charge in [-0.1, -0.05) is 25.5 Å². The number of hydrogen-bond donors (Lipinski definition) is 1. The predicted molar refractivity (Wildman–Crippen MR) is 71.0 cm³/mol. The Morgan fingerprint density at radius 2 is 2.12 bits per heavy atom. The van der Waals surface area contributed by atoms with Gasteiger partial charge in [0.15, 0.2) is 0 Å². The Morgan fingerprint density at radius 3 is 2.76 bits per heavy atom. The van der Waals surface area contributed by atoms with Gasteiger partial charge in [-0.05, 0) is 45.2 Å². The minimum Gasteiger partial charge on any atom is -0.316 e. The molecule has 0 radical (unpaired) electrons. The Balaban J connectivity index is 1.97. The molecule has 0 bridgehead atoms. The molecule has 0 aromatic carbocycles. The first-order chi connectivity index (χ1) is 8.22. The van der Waals surface area contributed by atoms with Crippen molar-refractivity contribution < 1.29 is 0 Å². The normalized spacial score (nSPS) is 11.3. The molecule has 4 nitrogen and oxygen atoms in total. The van der Waals surface area contributed by atoms with E-state index >= 15 is 0 Å². The molecule has 1 heterocycles. The molecule has 1 rings (SSSR count). The van der Waals surface area contributed by atoms with E-state index in [1.54, 1.807) is 0 Å². The number of unbranched alkanes of at least 4 members (excludes halogenated alkanes) is 2. The third kappa shape index (κ3) is 6.41. The molecule has 1 N–H and O–H groups in total. The van der Waals surface area contributed by atoms with Crippen LogP contribution in [-0.2, 0) is 13.0 Å². The molecule has 1 aromatic heterocycles. The summed E-state index contributed by atoms with van der Waals surface area (Å²) in [4.78, 5) is 0. The van der Waals surface area contributed by atoms with Gasteiger partial charge < -0.3 is 5.32 Å². The van der Waals surface area contributed by atoms with E-state index < -0.39 is 0 Å². The Hall–Kier alpha value is -0.900. The van der Waals surface area contributed by atoms with E-state index in [1.807, 2.05) is 4.68 Å². The first-order valence-electron chi connectivity index (χ1n) is 6.82. The molecule has 0 amide bonds. The second-order valence-corrected chi connectivity index (χ2v) is 4.97. The van der Waals surface area contributed by atoms with Gasteiger partial charge in [-0.2, -0.15) is 0 Å². The summed E-state index contributed by atoms with van der Waals surface area (Å²) in [5.41, 5.74) is 1.13. The van der Waals surface area contributed by atoms with Crippen molar-refractivity contribution >= 4 is 0 Å². The molecule has 0 saturated carbocycles.